The molecule has 33 heavy (non-hydrogen) atoms. The number of hydrogen-bond donors (Lipinski definition) is 1. The molecule has 1 N–H and O–H groups in total. The minimum Gasteiger partial charge on any atom is -0.487 e. The van der Waals surface area contributed by atoms with Crippen molar-refractivity contribution in [1.29, 1.82) is 0 Å². The minimum atomic E-state index is -1.08. The number of ether oxygens (including phenoxy) is 2. The Morgan fingerprint density at radius 1 is 0.970 bits per heavy atom. The maximum absolute atomic E-state index is 14.2. The predicted molar refractivity (Wildman–Crippen MR) is 119 cm³/mol. The van der Waals surface area contributed by atoms with Crippen molar-refractivity contribution in [3.63, 3.8) is 0 Å². The Morgan fingerprint density at radius 3 is 2.36 bits per heavy atom. The highest BCUT2D eigenvalue weighted by atomic mass is 19.1. The Labute approximate surface area is 190 Å². The van der Waals surface area contributed by atoms with Gasteiger partial charge in [0.05, 0.1) is 0 Å². The monoisotopic (exact) mass is 455 g/mol. The molecule has 3 rings (SSSR count). The molecule has 0 atom stereocenters. The molecule has 0 amide bonds. The first-order chi connectivity index (χ1) is 16.0. The van der Waals surface area contributed by atoms with Crippen LogP contribution >= 0.6 is 0 Å². The number of rotatable bonds is 11. The van der Waals surface area contributed by atoms with E-state index in [9.17, 15) is 13.6 Å². The summed E-state index contributed by atoms with van der Waals surface area (Å²) in [6, 6.07) is 18.4. The molecule has 0 bridgehead atoms. The summed E-state index contributed by atoms with van der Waals surface area (Å²) in [7, 11) is 1.47. The van der Waals surface area contributed by atoms with Gasteiger partial charge in [-0.1, -0.05) is 47.6 Å². The zero-order valence-corrected chi connectivity index (χ0v) is 18.0. The van der Waals surface area contributed by atoms with Crippen LogP contribution in [0.3, 0.4) is 0 Å². The van der Waals surface area contributed by atoms with Crippen LogP contribution in [-0.2, 0) is 22.7 Å². The fourth-order valence-corrected chi connectivity index (χ4v) is 3.01. The van der Waals surface area contributed by atoms with Crippen molar-refractivity contribution >= 4 is 11.7 Å². The highest BCUT2D eigenvalue weighted by molar-refractivity contribution is 6.01. The summed E-state index contributed by atoms with van der Waals surface area (Å²) in [5.74, 6) is -2.18. The first-order valence-electron chi connectivity index (χ1n) is 10.2. The second kappa shape index (κ2) is 11.6. The van der Waals surface area contributed by atoms with Gasteiger partial charge in [0.25, 0.3) is 0 Å². The first-order valence-corrected chi connectivity index (χ1v) is 10.2. The van der Waals surface area contributed by atoms with Gasteiger partial charge in [-0.05, 0) is 35.7 Å². The molecule has 0 radical (unpaired) electrons. The fraction of sp³-hybridized carbons (Fsp3) is 0.200. The minimum absolute atomic E-state index is 0.00404. The molecule has 0 saturated carbocycles. The Hall–Kier alpha value is -3.94. The van der Waals surface area contributed by atoms with Gasteiger partial charge in [0.2, 0.25) is 0 Å². The van der Waals surface area contributed by atoms with Crippen LogP contribution in [0, 0.1) is 11.6 Å². The summed E-state index contributed by atoms with van der Waals surface area (Å²) >= 11 is 0. The number of nitrogens with zero attached hydrogens (tertiary/aromatic N) is 1. The van der Waals surface area contributed by atoms with Crippen LogP contribution < -0.4 is 9.47 Å². The fourth-order valence-electron chi connectivity index (χ4n) is 3.01. The number of carboxylic acid groups (broad SMARTS) is 1. The van der Waals surface area contributed by atoms with Gasteiger partial charge in [-0.25, -0.2) is 8.78 Å². The zero-order valence-electron chi connectivity index (χ0n) is 18.0. The molecule has 0 fully saturated rings. The second-order valence-electron chi connectivity index (χ2n) is 7.08. The summed E-state index contributed by atoms with van der Waals surface area (Å²) in [6.45, 7) is 0.220. The van der Waals surface area contributed by atoms with Gasteiger partial charge >= 0.3 is 5.97 Å². The Kier molecular flexibility index (Phi) is 8.35. The molecule has 0 heterocycles. The third-order valence-electron chi connectivity index (χ3n) is 4.71. The van der Waals surface area contributed by atoms with Crippen LogP contribution in [0.5, 0.6) is 11.5 Å². The number of halogens is 2. The second-order valence-corrected chi connectivity index (χ2v) is 7.08. The van der Waals surface area contributed by atoms with Crippen molar-refractivity contribution in [2.24, 2.45) is 5.16 Å². The Morgan fingerprint density at radius 2 is 1.70 bits per heavy atom. The normalized spacial score (nSPS) is 11.2. The molecule has 0 unspecified atom stereocenters. The summed E-state index contributed by atoms with van der Waals surface area (Å²) < 4.78 is 39.5. The third kappa shape index (κ3) is 7.03. The summed E-state index contributed by atoms with van der Waals surface area (Å²) in [4.78, 5) is 15.5. The number of aliphatic carboxylic acids is 1. The van der Waals surface area contributed by atoms with Gasteiger partial charge in [0.15, 0.2) is 11.6 Å². The number of carbonyl (C=O) groups is 1. The van der Waals surface area contributed by atoms with Crippen LogP contribution in [0.4, 0.5) is 8.78 Å². The van der Waals surface area contributed by atoms with E-state index in [2.05, 4.69) is 5.16 Å². The summed E-state index contributed by atoms with van der Waals surface area (Å²) in [5, 5.41) is 12.7. The molecular formula is C25H23F2NO5. The molecule has 0 aromatic heterocycles. The van der Waals surface area contributed by atoms with Gasteiger partial charge in [0, 0.05) is 18.1 Å². The zero-order chi connectivity index (χ0) is 23.6. The molecule has 0 aliphatic heterocycles. The van der Waals surface area contributed by atoms with E-state index in [0.717, 1.165) is 23.3 Å². The lowest BCUT2D eigenvalue weighted by molar-refractivity contribution is -0.136. The van der Waals surface area contributed by atoms with Crippen LogP contribution in [0.1, 0.15) is 23.1 Å². The van der Waals surface area contributed by atoms with E-state index in [1.807, 2.05) is 30.3 Å². The number of aryl methyl sites for hydroxylation is 1. The predicted octanol–water partition coefficient (Wildman–Crippen LogP) is 4.99. The van der Waals surface area contributed by atoms with Crippen molar-refractivity contribution in [1.82, 2.24) is 0 Å². The van der Waals surface area contributed by atoms with Crippen LogP contribution in [0.2, 0.25) is 0 Å². The van der Waals surface area contributed by atoms with E-state index in [-0.39, 0.29) is 37.4 Å². The van der Waals surface area contributed by atoms with E-state index in [1.165, 1.54) is 7.11 Å². The average molecular weight is 455 g/mol. The van der Waals surface area contributed by atoms with E-state index < -0.39 is 17.6 Å². The van der Waals surface area contributed by atoms with Crippen molar-refractivity contribution in [2.45, 2.75) is 19.4 Å². The highest BCUT2D eigenvalue weighted by Gasteiger charge is 2.13. The molecule has 8 heteroatoms. The molecule has 0 saturated heterocycles. The van der Waals surface area contributed by atoms with Gasteiger partial charge in [-0.2, -0.15) is 0 Å². The smallest absolute Gasteiger partial charge is 0.303 e. The molecule has 172 valence electrons. The number of benzene rings is 3. The molecule has 3 aromatic rings. The lowest BCUT2D eigenvalue weighted by Crippen LogP contribution is -2.13. The lowest BCUT2D eigenvalue weighted by Gasteiger charge is -2.11. The van der Waals surface area contributed by atoms with Gasteiger partial charge < -0.3 is 19.4 Å². The topological polar surface area (TPSA) is 77.3 Å². The molecule has 0 aliphatic rings. The molecule has 3 aromatic carbocycles. The molecular weight excluding hydrogens is 432 g/mol. The van der Waals surface area contributed by atoms with Crippen LogP contribution in [-0.4, -0.2) is 30.5 Å². The van der Waals surface area contributed by atoms with Gasteiger partial charge in [-0.3, -0.25) is 4.79 Å². The SMILES string of the molecule is CON=C(COc1ccc(COc2cc(F)c(CCC(=O)O)cc2F)cc1)c1ccccc1. The number of hydrogen-bond acceptors (Lipinski definition) is 5. The molecule has 0 spiro atoms. The summed E-state index contributed by atoms with van der Waals surface area (Å²) in [6.07, 6.45) is -0.379. The molecule has 6 nitrogen and oxygen atoms in total. The first kappa shape index (κ1) is 23.7. The van der Waals surface area contributed by atoms with Crippen molar-refractivity contribution < 1.29 is 33.0 Å². The molecule has 0 aliphatic carbocycles. The maximum Gasteiger partial charge on any atom is 0.303 e. The number of oxime groups is 1. The van der Waals surface area contributed by atoms with Gasteiger partial charge in [-0.15, -0.1) is 0 Å². The third-order valence-corrected chi connectivity index (χ3v) is 4.71. The highest BCUT2D eigenvalue weighted by Crippen LogP contribution is 2.24. The van der Waals surface area contributed by atoms with Gasteiger partial charge in [0.1, 0.15) is 37.6 Å². The largest absolute Gasteiger partial charge is 0.487 e. The van der Waals surface area contributed by atoms with Crippen molar-refractivity contribution in [2.75, 3.05) is 13.7 Å². The standard InChI is InChI=1S/C25H23F2NO5/c1-31-28-23(18-5-3-2-4-6-18)16-32-20-10-7-17(8-11-20)15-33-24-14-21(26)19(13-22(24)27)9-12-25(29)30/h2-8,10-11,13-14H,9,12,15-16H2,1H3,(H,29,30). The van der Waals surface area contributed by atoms with E-state index in [4.69, 9.17) is 19.4 Å². The van der Waals surface area contributed by atoms with E-state index >= 15 is 0 Å². The number of carboxylic acids is 1. The lowest BCUT2D eigenvalue weighted by atomic mass is 10.1. The average Bonchev–Trinajstić information content (AvgIpc) is 2.82. The Bertz CT molecular complexity index is 1100. The van der Waals surface area contributed by atoms with Crippen molar-refractivity contribution in [3.05, 3.63) is 95.1 Å². The van der Waals surface area contributed by atoms with E-state index in [1.54, 1.807) is 24.3 Å². The Balaban J connectivity index is 1.57. The van der Waals surface area contributed by atoms with E-state index in [0.29, 0.717) is 11.5 Å². The van der Waals surface area contributed by atoms with Crippen LogP contribution in [0.25, 0.3) is 0 Å². The van der Waals surface area contributed by atoms with Crippen molar-refractivity contribution in [3.8, 4) is 11.5 Å². The van der Waals surface area contributed by atoms with Crippen LogP contribution in [0.15, 0.2) is 71.9 Å². The maximum atomic E-state index is 14.2. The quantitative estimate of drug-likeness (QED) is 0.326. The summed E-state index contributed by atoms with van der Waals surface area (Å²) in [5.41, 5.74) is 2.24.